The highest BCUT2D eigenvalue weighted by atomic mass is 19.1. The number of carbonyl (C=O) groups is 1. The van der Waals surface area contributed by atoms with Crippen molar-refractivity contribution in [2.45, 2.75) is 0 Å². The van der Waals surface area contributed by atoms with Crippen molar-refractivity contribution in [2.75, 3.05) is 11.9 Å². The number of aliphatic hydroxyl groups is 1. The van der Waals surface area contributed by atoms with Crippen LogP contribution in [-0.4, -0.2) is 27.6 Å². The van der Waals surface area contributed by atoms with E-state index in [-0.39, 0.29) is 23.7 Å². The number of hydrogen-bond donors (Lipinski definition) is 3. The molecule has 0 aliphatic heterocycles. The zero-order valence-corrected chi connectivity index (χ0v) is 9.77. The van der Waals surface area contributed by atoms with Crippen molar-refractivity contribution in [3.05, 3.63) is 47.5 Å². The lowest BCUT2D eigenvalue weighted by Gasteiger charge is -2.03. The first-order valence-corrected chi connectivity index (χ1v) is 5.40. The number of carbonyl (C=O) groups excluding carboxylic acids is 1. The quantitative estimate of drug-likeness (QED) is 0.708. The van der Waals surface area contributed by atoms with Gasteiger partial charge in [-0.3, -0.25) is 10.1 Å². The monoisotopic (exact) mass is 259 g/mol. The number of amides is 1. The summed E-state index contributed by atoms with van der Waals surface area (Å²) in [5.41, 5.74) is 0.284. The second-order valence-electron chi connectivity index (χ2n) is 3.55. The SMILES string of the molecule is O=C(Nc1ncc[nH]1)c1ccc(C#CCO)c(F)c1. The van der Waals surface area contributed by atoms with Crippen molar-refractivity contribution in [2.24, 2.45) is 0 Å². The van der Waals surface area contributed by atoms with Crippen LogP contribution in [0.4, 0.5) is 10.3 Å². The Hall–Kier alpha value is -2.65. The highest BCUT2D eigenvalue weighted by molar-refractivity contribution is 6.03. The normalized spacial score (nSPS) is 9.58. The number of aromatic amines is 1. The van der Waals surface area contributed by atoms with Crippen LogP contribution in [0, 0.1) is 17.7 Å². The fourth-order valence-corrected chi connectivity index (χ4v) is 1.41. The smallest absolute Gasteiger partial charge is 0.258 e. The van der Waals surface area contributed by atoms with Gasteiger partial charge < -0.3 is 10.1 Å². The van der Waals surface area contributed by atoms with Gasteiger partial charge in [-0.25, -0.2) is 9.37 Å². The third-order valence-corrected chi connectivity index (χ3v) is 2.26. The van der Waals surface area contributed by atoms with Gasteiger partial charge in [0, 0.05) is 18.0 Å². The first kappa shape index (κ1) is 12.8. The molecule has 0 bridgehead atoms. The number of rotatable bonds is 2. The molecule has 2 aromatic rings. The maximum absolute atomic E-state index is 13.6. The highest BCUT2D eigenvalue weighted by Crippen LogP contribution is 2.11. The number of imidazole rings is 1. The molecule has 19 heavy (non-hydrogen) atoms. The molecule has 0 spiro atoms. The van der Waals surface area contributed by atoms with E-state index in [1.165, 1.54) is 18.3 Å². The molecule has 1 amide bonds. The minimum Gasteiger partial charge on any atom is -0.384 e. The lowest BCUT2D eigenvalue weighted by molar-refractivity contribution is 0.102. The molecule has 0 atom stereocenters. The largest absolute Gasteiger partial charge is 0.384 e. The van der Waals surface area contributed by atoms with E-state index in [2.05, 4.69) is 27.1 Å². The summed E-state index contributed by atoms with van der Waals surface area (Å²) >= 11 is 0. The van der Waals surface area contributed by atoms with E-state index in [0.717, 1.165) is 6.07 Å². The summed E-state index contributed by atoms with van der Waals surface area (Å²) in [6.07, 6.45) is 3.05. The second-order valence-corrected chi connectivity index (χ2v) is 3.55. The van der Waals surface area contributed by atoms with Crippen molar-refractivity contribution in [3.63, 3.8) is 0 Å². The molecule has 0 radical (unpaired) electrons. The molecule has 3 N–H and O–H groups in total. The molecule has 0 unspecified atom stereocenters. The fraction of sp³-hybridized carbons (Fsp3) is 0.0769. The van der Waals surface area contributed by atoms with E-state index in [4.69, 9.17) is 5.11 Å². The number of benzene rings is 1. The number of hydrogen-bond acceptors (Lipinski definition) is 3. The minimum absolute atomic E-state index is 0.128. The molecule has 6 heteroatoms. The van der Waals surface area contributed by atoms with E-state index >= 15 is 0 Å². The van der Waals surface area contributed by atoms with E-state index < -0.39 is 11.7 Å². The Labute approximate surface area is 108 Å². The Bertz CT molecular complexity index is 642. The summed E-state index contributed by atoms with van der Waals surface area (Å²) in [5, 5.41) is 11.0. The van der Waals surface area contributed by atoms with Crippen LogP contribution in [0.1, 0.15) is 15.9 Å². The molecule has 2 rings (SSSR count). The molecule has 96 valence electrons. The summed E-state index contributed by atoms with van der Waals surface area (Å²) in [6.45, 7) is -0.347. The van der Waals surface area contributed by atoms with Crippen molar-refractivity contribution in [1.82, 2.24) is 9.97 Å². The second kappa shape index (κ2) is 5.80. The Morgan fingerprint density at radius 2 is 2.37 bits per heavy atom. The topological polar surface area (TPSA) is 78.0 Å². The van der Waals surface area contributed by atoms with Crippen molar-refractivity contribution in [3.8, 4) is 11.8 Å². The van der Waals surface area contributed by atoms with Crippen molar-refractivity contribution >= 4 is 11.9 Å². The van der Waals surface area contributed by atoms with Crippen LogP contribution in [0.2, 0.25) is 0 Å². The van der Waals surface area contributed by atoms with Gasteiger partial charge in [0.15, 0.2) is 0 Å². The predicted molar refractivity (Wildman–Crippen MR) is 66.9 cm³/mol. The summed E-state index contributed by atoms with van der Waals surface area (Å²) < 4.78 is 13.6. The van der Waals surface area contributed by atoms with Crippen molar-refractivity contribution in [1.29, 1.82) is 0 Å². The molecule has 0 saturated heterocycles. The van der Waals surface area contributed by atoms with Crippen molar-refractivity contribution < 1.29 is 14.3 Å². The summed E-state index contributed by atoms with van der Waals surface area (Å²) in [5.74, 6) is 3.98. The Morgan fingerprint density at radius 3 is 3.00 bits per heavy atom. The van der Waals surface area contributed by atoms with Gasteiger partial charge in [-0.05, 0) is 18.2 Å². The molecule has 5 nitrogen and oxygen atoms in total. The molecular formula is C13H10FN3O2. The zero-order valence-electron chi connectivity index (χ0n) is 9.77. The fourth-order valence-electron chi connectivity index (χ4n) is 1.41. The minimum atomic E-state index is -0.618. The van der Waals surface area contributed by atoms with E-state index in [9.17, 15) is 9.18 Å². The molecule has 0 aliphatic carbocycles. The molecule has 0 saturated carbocycles. The van der Waals surface area contributed by atoms with E-state index in [1.54, 1.807) is 6.20 Å². The van der Waals surface area contributed by atoms with Crippen LogP contribution in [0.15, 0.2) is 30.6 Å². The van der Waals surface area contributed by atoms with E-state index in [1.807, 2.05) is 0 Å². The summed E-state index contributed by atoms with van der Waals surface area (Å²) in [4.78, 5) is 18.3. The first-order valence-electron chi connectivity index (χ1n) is 5.40. The van der Waals surface area contributed by atoms with Gasteiger partial charge in [-0.2, -0.15) is 0 Å². The van der Waals surface area contributed by atoms with Crippen LogP contribution in [-0.2, 0) is 0 Å². The molecule has 0 fully saturated rings. The summed E-state index contributed by atoms with van der Waals surface area (Å²) in [6, 6.07) is 3.91. The first-order chi connectivity index (χ1) is 9.20. The Morgan fingerprint density at radius 1 is 1.53 bits per heavy atom. The third kappa shape index (κ3) is 3.18. The number of anilines is 1. The number of H-pyrrole nitrogens is 1. The molecule has 1 aromatic carbocycles. The number of aromatic nitrogens is 2. The lowest BCUT2D eigenvalue weighted by Crippen LogP contribution is -2.13. The van der Waals surface area contributed by atoms with Gasteiger partial charge in [-0.15, -0.1) is 0 Å². The van der Waals surface area contributed by atoms with Crippen LogP contribution in [0.5, 0.6) is 0 Å². The molecule has 0 aliphatic rings. The van der Waals surface area contributed by atoms with Gasteiger partial charge in [-0.1, -0.05) is 11.8 Å². The average molecular weight is 259 g/mol. The zero-order chi connectivity index (χ0) is 13.7. The van der Waals surface area contributed by atoms with Crippen LogP contribution < -0.4 is 5.32 Å². The van der Waals surface area contributed by atoms with Gasteiger partial charge in [0.05, 0.1) is 5.56 Å². The molecule has 1 heterocycles. The third-order valence-electron chi connectivity index (χ3n) is 2.26. The molecular weight excluding hydrogens is 249 g/mol. The number of aliphatic hydroxyl groups excluding tert-OH is 1. The molecule has 1 aromatic heterocycles. The number of nitrogens with zero attached hydrogens (tertiary/aromatic N) is 1. The van der Waals surface area contributed by atoms with Crippen LogP contribution >= 0.6 is 0 Å². The van der Waals surface area contributed by atoms with E-state index in [0.29, 0.717) is 0 Å². The van der Waals surface area contributed by atoms with Crippen LogP contribution in [0.3, 0.4) is 0 Å². The van der Waals surface area contributed by atoms with Gasteiger partial charge in [0.1, 0.15) is 12.4 Å². The van der Waals surface area contributed by atoms with Gasteiger partial charge >= 0.3 is 0 Å². The average Bonchev–Trinajstić information content (AvgIpc) is 2.90. The number of nitrogens with one attached hydrogen (secondary N) is 2. The highest BCUT2D eigenvalue weighted by Gasteiger charge is 2.10. The predicted octanol–water partition coefficient (Wildman–Crippen LogP) is 1.14. The Kier molecular flexibility index (Phi) is 3.90. The Balaban J connectivity index is 2.17. The summed E-state index contributed by atoms with van der Waals surface area (Å²) in [7, 11) is 0. The maximum atomic E-state index is 13.6. The lowest BCUT2D eigenvalue weighted by atomic mass is 10.1. The van der Waals surface area contributed by atoms with Gasteiger partial charge in [0.2, 0.25) is 5.95 Å². The van der Waals surface area contributed by atoms with Crippen LogP contribution in [0.25, 0.3) is 0 Å². The number of halogens is 1. The standard InChI is InChI=1S/C13H10FN3O2/c14-11-8-10(4-3-9(11)2-1-7-18)12(19)17-13-15-5-6-16-13/h3-6,8,18H,7H2,(H2,15,16,17,19). The van der Waals surface area contributed by atoms with Gasteiger partial charge in [0.25, 0.3) is 5.91 Å². The maximum Gasteiger partial charge on any atom is 0.258 e.